The second kappa shape index (κ2) is 5.15. The van der Waals surface area contributed by atoms with Crippen molar-refractivity contribution < 1.29 is 14.7 Å². The molecule has 0 radical (unpaired) electrons. The second-order valence-corrected chi connectivity index (χ2v) is 5.39. The quantitative estimate of drug-likeness (QED) is 0.902. The number of fused-ring (bicyclic) bond motifs is 1. The Balaban J connectivity index is 1.81. The summed E-state index contributed by atoms with van der Waals surface area (Å²) in [6.45, 7) is 2.68. The van der Waals surface area contributed by atoms with Gasteiger partial charge in [-0.3, -0.25) is 9.59 Å². The Morgan fingerprint density at radius 1 is 1.20 bits per heavy atom. The zero-order valence-corrected chi connectivity index (χ0v) is 11.3. The molecule has 2 heterocycles. The number of benzene rings is 1. The van der Waals surface area contributed by atoms with Crippen molar-refractivity contribution in [1.82, 2.24) is 4.90 Å². The molecule has 106 valence electrons. The summed E-state index contributed by atoms with van der Waals surface area (Å²) >= 11 is 0. The van der Waals surface area contributed by atoms with Crippen LogP contribution in [-0.4, -0.2) is 48.1 Å². The van der Waals surface area contributed by atoms with E-state index in [1.165, 1.54) is 0 Å². The van der Waals surface area contributed by atoms with Crippen LogP contribution in [0.25, 0.3) is 0 Å². The molecule has 0 aliphatic carbocycles. The van der Waals surface area contributed by atoms with Crippen LogP contribution in [0.5, 0.6) is 0 Å². The van der Waals surface area contributed by atoms with E-state index in [1.807, 2.05) is 34.1 Å². The molecule has 0 saturated carbocycles. The summed E-state index contributed by atoms with van der Waals surface area (Å²) < 4.78 is 0. The normalized spacial score (nSPS) is 21.1. The lowest BCUT2D eigenvalue weighted by Crippen LogP contribution is -2.48. The number of likely N-dealkylation sites (tertiary alicyclic amines) is 1. The van der Waals surface area contributed by atoms with E-state index in [1.54, 1.807) is 0 Å². The van der Waals surface area contributed by atoms with Crippen molar-refractivity contribution in [2.75, 3.05) is 31.1 Å². The minimum absolute atomic E-state index is 0.139. The summed E-state index contributed by atoms with van der Waals surface area (Å²) in [6.07, 6.45) is 1.64. The third kappa shape index (κ3) is 2.24. The van der Waals surface area contributed by atoms with Crippen molar-refractivity contribution in [3.8, 4) is 0 Å². The third-order valence-electron chi connectivity index (χ3n) is 4.17. The van der Waals surface area contributed by atoms with Crippen LogP contribution < -0.4 is 4.90 Å². The molecule has 2 aliphatic rings. The van der Waals surface area contributed by atoms with Crippen molar-refractivity contribution in [2.24, 2.45) is 0 Å². The average Bonchev–Trinajstić information content (AvgIpc) is 2.36. The molecular weight excluding hydrogens is 256 g/mol. The molecule has 1 unspecified atom stereocenters. The lowest BCUT2D eigenvalue weighted by atomic mass is 9.90. The molecule has 0 bridgehead atoms. The molecule has 1 atom stereocenters. The van der Waals surface area contributed by atoms with E-state index in [9.17, 15) is 14.7 Å². The van der Waals surface area contributed by atoms with Gasteiger partial charge in [0.15, 0.2) is 0 Å². The van der Waals surface area contributed by atoms with E-state index >= 15 is 0 Å². The number of carbonyl (C=O) groups is 2. The summed E-state index contributed by atoms with van der Waals surface area (Å²) in [5.41, 5.74) is 1.71. The molecule has 1 N–H and O–H groups in total. The Bertz CT molecular complexity index is 540. The maximum atomic E-state index is 12.1. The van der Waals surface area contributed by atoms with Gasteiger partial charge in [0.2, 0.25) is 5.91 Å². The van der Waals surface area contributed by atoms with Crippen molar-refractivity contribution >= 4 is 17.6 Å². The number of rotatable bonds is 3. The number of carboxylic acid groups (broad SMARTS) is 1. The summed E-state index contributed by atoms with van der Waals surface area (Å²) in [6, 6.07) is 7.52. The molecule has 1 amide bonds. The third-order valence-corrected chi connectivity index (χ3v) is 4.17. The first-order chi connectivity index (χ1) is 9.66. The molecule has 5 heteroatoms. The Morgan fingerprint density at radius 2 is 1.95 bits per heavy atom. The van der Waals surface area contributed by atoms with Crippen molar-refractivity contribution in [2.45, 2.75) is 18.8 Å². The smallest absolute Gasteiger partial charge is 0.311 e. The van der Waals surface area contributed by atoms with Crippen LogP contribution in [0.3, 0.4) is 0 Å². The molecule has 1 aromatic carbocycles. The fourth-order valence-electron chi connectivity index (χ4n) is 2.88. The first-order valence-corrected chi connectivity index (χ1v) is 7.01. The highest BCUT2D eigenvalue weighted by molar-refractivity contribution is 5.85. The van der Waals surface area contributed by atoms with Crippen LogP contribution in [-0.2, 0) is 9.59 Å². The minimum atomic E-state index is -0.786. The first-order valence-electron chi connectivity index (χ1n) is 7.01. The lowest BCUT2D eigenvalue weighted by molar-refractivity contribution is -0.139. The largest absolute Gasteiger partial charge is 0.481 e. The van der Waals surface area contributed by atoms with E-state index in [0.717, 1.165) is 30.8 Å². The molecule has 0 spiro atoms. The topological polar surface area (TPSA) is 60.9 Å². The van der Waals surface area contributed by atoms with Gasteiger partial charge in [0.25, 0.3) is 0 Å². The number of carboxylic acids is 1. The number of para-hydroxylation sites is 1. The summed E-state index contributed by atoms with van der Waals surface area (Å²) in [5.74, 6) is -1.10. The molecule has 5 nitrogen and oxygen atoms in total. The fraction of sp³-hybridized carbons (Fsp3) is 0.467. The van der Waals surface area contributed by atoms with Gasteiger partial charge in [0.1, 0.15) is 0 Å². The molecule has 1 aromatic rings. The summed E-state index contributed by atoms with van der Waals surface area (Å²) in [7, 11) is 0. The van der Waals surface area contributed by atoms with E-state index in [0.29, 0.717) is 19.5 Å². The number of carbonyl (C=O) groups excluding carboxylic acids is 1. The van der Waals surface area contributed by atoms with E-state index < -0.39 is 11.9 Å². The van der Waals surface area contributed by atoms with Gasteiger partial charge in [-0.05, 0) is 24.5 Å². The second-order valence-electron chi connectivity index (χ2n) is 5.39. The fourth-order valence-corrected chi connectivity index (χ4v) is 2.88. The van der Waals surface area contributed by atoms with Crippen LogP contribution in [0, 0.1) is 0 Å². The minimum Gasteiger partial charge on any atom is -0.481 e. The molecule has 1 fully saturated rings. The number of amides is 1. The summed E-state index contributed by atoms with van der Waals surface area (Å²) in [5, 5.41) is 9.29. The van der Waals surface area contributed by atoms with Crippen LogP contribution in [0.15, 0.2) is 24.3 Å². The van der Waals surface area contributed by atoms with Crippen LogP contribution in [0.1, 0.15) is 24.3 Å². The molecular formula is C15H18N2O3. The number of hydrogen-bond donors (Lipinski definition) is 1. The first kappa shape index (κ1) is 13.0. The van der Waals surface area contributed by atoms with Crippen LogP contribution >= 0.6 is 0 Å². The van der Waals surface area contributed by atoms with Crippen molar-refractivity contribution in [3.05, 3.63) is 29.8 Å². The molecule has 2 aliphatic heterocycles. The Labute approximate surface area is 117 Å². The highest BCUT2D eigenvalue weighted by Gasteiger charge is 2.31. The molecule has 3 rings (SSSR count). The molecule has 1 saturated heterocycles. The summed E-state index contributed by atoms with van der Waals surface area (Å²) in [4.78, 5) is 27.3. The highest BCUT2D eigenvalue weighted by Crippen LogP contribution is 2.35. The lowest BCUT2D eigenvalue weighted by Gasteiger charge is -2.37. The maximum Gasteiger partial charge on any atom is 0.311 e. The average molecular weight is 274 g/mol. The van der Waals surface area contributed by atoms with Gasteiger partial charge >= 0.3 is 5.97 Å². The van der Waals surface area contributed by atoms with Gasteiger partial charge in [0, 0.05) is 25.3 Å². The van der Waals surface area contributed by atoms with Gasteiger partial charge < -0.3 is 14.9 Å². The van der Waals surface area contributed by atoms with E-state index in [2.05, 4.69) is 0 Å². The van der Waals surface area contributed by atoms with E-state index in [4.69, 9.17) is 0 Å². The van der Waals surface area contributed by atoms with Gasteiger partial charge in [-0.2, -0.15) is 0 Å². The van der Waals surface area contributed by atoms with Gasteiger partial charge in [-0.25, -0.2) is 0 Å². The molecule has 20 heavy (non-hydrogen) atoms. The number of nitrogens with zero attached hydrogens (tertiary/aromatic N) is 2. The predicted molar refractivity (Wildman–Crippen MR) is 74.8 cm³/mol. The Kier molecular flexibility index (Phi) is 3.34. The van der Waals surface area contributed by atoms with Gasteiger partial charge in [-0.1, -0.05) is 18.2 Å². The van der Waals surface area contributed by atoms with E-state index in [-0.39, 0.29) is 5.91 Å². The number of anilines is 1. The predicted octanol–water partition coefficient (Wildman–Crippen LogP) is 1.30. The standard InChI is InChI=1S/C15H18N2O3/c18-14(16-7-3-8-16)10-17-9-6-12(15(19)20)11-4-1-2-5-13(11)17/h1-2,4-5,12H,3,6-10H2,(H,19,20). The monoisotopic (exact) mass is 274 g/mol. The zero-order chi connectivity index (χ0) is 14.1. The number of hydrogen-bond acceptors (Lipinski definition) is 3. The molecule has 0 aromatic heterocycles. The van der Waals surface area contributed by atoms with Gasteiger partial charge in [0.05, 0.1) is 12.5 Å². The number of aliphatic carboxylic acids is 1. The van der Waals surface area contributed by atoms with Gasteiger partial charge in [-0.15, -0.1) is 0 Å². The van der Waals surface area contributed by atoms with Crippen LogP contribution in [0.2, 0.25) is 0 Å². The highest BCUT2D eigenvalue weighted by atomic mass is 16.4. The van der Waals surface area contributed by atoms with Crippen molar-refractivity contribution in [1.29, 1.82) is 0 Å². The Hall–Kier alpha value is -2.04. The zero-order valence-electron chi connectivity index (χ0n) is 11.3. The van der Waals surface area contributed by atoms with Crippen LogP contribution in [0.4, 0.5) is 5.69 Å². The Morgan fingerprint density at radius 3 is 2.60 bits per heavy atom. The maximum absolute atomic E-state index is 12.1. The van der Waals surface area contributed by atoms with Crippen molar-refractivity contribution in [3.63, 3.8) is 0 Å². The SMILES string of the molecule is O=C(O)C1CCN(CC(=O)N2CCC2)c2ccccc21.